The normalized spacial score (nSPS) is 18.5. The number of esters is 1. The van der Waals surface area contributed by atoms with Crippen molar-refractivity contribution >= 4 is 11.8 Å². The van der Waals surface area contributed by atoms with Crippen LogP contribution in [-0.2, 0) is 9.53 Å². The molecule has 1 heterocycles. The molecule has 0 fully saturated rings. The molecule has 1 unspecified atom stereocenters. The Morgan fingerprint density at radius 3 is 2.63 bits per heavy atom. The molecule has 1 aliphatic rings. The molecule has 0 saturated heterocycles. The van der Waals surface area contributed by atoms with E-state index in [1.807, 2.05) is 18.3 Å². The summed E-state index contributed by atoms with van der Waals surface area (Å²) < 4.78 is 4.67. The topological polar surface area (TPSA) is 46.6 Å². The van der Waals surface area contributed by atoms with Crippen molar-refractivity contribution in [1.82, 2.24) is 4.90 Å². The van der Waals surface area contributed by atoms with E-state index in [1.165, 1.54) is 7.11 Å². The van der Waals surface area contributed by atoms with Gasteiger partial charge in [-0.25, -0.2) is 4.79 Å². The van der Waals surface area contributed by atoms with Crippen molar-refractivity contribution in [2.45, 2.75) is 19.4 Å². The Bertz CT molecular complexity index is 505. The van der Waals surface area contributed by atoms with Crippen LogP contribution in [0.3, 0.4) is 0 Å². The molecule has 4 heteroatoms. The van der Waals surface area contributed by atoms with E-state index in [2.05, 4.69) is 16.6 Å². The number of ketones is 1. The average molecular weight is 259 g/mol. The van der Waals surface area contributed by atoms with Crippen molar-refractivity contribution in [3.05, 3.63) is 47.7 Å². The first-order valence-corrected chi connectivity index (χ1v) is 6.30. The fourth-order valence-electron chi connectivity index (χ4n) is 2.25. The molecule has 0 radical (unpaired) electrons. The zero-order valence-electron chi connectivity index (χ0n) is 11.1. The molecule has 0 N–H and O–H groups in total. The third-order valence-electron chi connectivity index (χ3n) is 3.33. The summed E-state index contributed by atoms with van der Waals surface area (Å²) in [6.07, 6.45) is 3.93. The van der Waals surface area contributed by atoms with E-state index in [0.29, 0.717) is 12.0 Å². The minimum Gasteiger partial charge on any atom is -0.465 e. The first kappa shape index (κ1) is 13.3. The Labute approximate surface area is 112 Å². The third kappa shape index (κ3) is 2.84. The van der Waals surface area contributed by atoms with E-state index in [-0.39, 0.29) is 17.8 Å². The van der Waals surface area contributed by atoms with Gasteiger partial charge in [-0.2, -0.15) is 0 Å². The number of allylic oxidation sites excluding steroid dienone is 1. The lowest BCUT2D eigenvalue weighted by atomic mass is 9.96. The van der Waals surface area contributed by atoms with Gasteiger partial charge in [0.25, 0.3) is 0 Å². The molecule has 0 amide bonds. The van der Waals surface area contributed by atoms with E-state index < -0.39 is 0 Å². The Morgan fingerprint density at radius 2 is 2.05 bits per heavy atom. The highest BCUT2D eigenvalue weighted by molar-refractivity contribution is 5.91. The number of methoxy groups -OCH3 is 1. The first-order chi connectivity index (χ1) is 9.15. The summed E-state index contributed by atoms with van der Waals surface area (Å²) in [6.45, 7) is 2.89. The molecule has 2 rings (SSSR count). The second kappa shape index (κ2) is 5.69. The Kier molecular flexibility index (Phi) is 4.00. The van der Waals surface area contributed by atoms with Gasteiger partial charge in [0, 0.05) is 19.2 Å². The quantitative estimate of drug-likeness (QED) is 0.782. The molecular formula is C15H17NO3. The fraction of sp³-hybridized carbons (Fsp3) is 0.333. The highest BCUT2D eigenvalue weighted by atomic mass is 16.5. The van der Waals surface area contributed by atoms with E-state index in [9.17, 15) is 9.59 Å². The van der Waals surface area contributed by atoms with Crippen molar-refractivity contribution in [3.63, 3.8) is 0 Å². The van der Waals surface area contributed by atoms with Crippen molar-refractivity contribution < 1.29 is 14.3 Å². The van der Waals surface area contributed by atoms with Gasteiger partial charge < -0.3 is 9.64 Å². The molecule has 0 aliphatic carbocycles. The van der Waals surface area contributed by atoms with Gasteiger partial charge in [0.2, 0.25) is 0 Å². The number of hydrogen-bond donors (Lipinski definition) is 0. The van der Waals surface area contributed by atoms with Crippen molar-refractivity contribution in [1.29, 1.82) is 0 Å². The predicted molar refractivity (Wildman–Crippen MR) is 71.7 cm³/mol. The number of carbonyl (C=O) groups excluding carboxylic acids is 2. The number of carbonyl (C=O) groups is 2. The van der Waals surface area contributed by atoms with Crippen LogP contribution in [0.1, 0.15) is 35.3 Å². The lowest BCUT2D eigenvalue weighted by molar-refractivity contribution is -0.116. The molecule has 0 aromatic heterocycles. The zero-order chi connectivity index (χ0) is 13.8. The summed E-state index contributed by atoms with van der Waals surface area (Å²) >= 11 is 0. The number of hydrogen-bond acceptors (Lipinski definition) is 4. The van der Waals surface area contributed by atoms with Crippen LogP contribution in [0.5, 0.6) is 0 Å². The maximum absolute atomic E-state index is 11.5. The van der Waals surface area contributed by atoms with E-state index in [0.717, 1.165) is 12.1 Å². The molecule has 100 valence electrons. The number of benzene rings is 1. The van der Waals surface area contributed by atoms with Gasteiger partial charge in [0.05, 0.1) is 18.7 Å². The van der Waals surface area contributed by atoms with Gasteiger partial charge in [-0.1, -0.05) is 12.1 Å². The van der Waals surface area contributed by atoms with Gasteiger partial charge in [0.15, 0.2) is 5.78 Å². The summed E-state index contributed by atoms with van der Waals surface area (Å²) in [4.78, 5) is 25.0. The highest BCUT2D eigenvalue weighted by Gasteiger charge is 2.23. The SMILES string of the molecule is CCN1C=CC(=O)CC1c1ccc(C(=O)OC)cc1. The molecule has 0 saturated carbocycles. The van der Waals surface area contributed by atoms with Crippen LogP contribution in [0.15, 0.2) is 36.5 Å². The fourth-order valence-corrected chi connectivity index (χ4v) is 2.25. The molecule has 0 spiro atoms. The Morgan fingerprint density at radius 1 is 1.37 bits per heavy atom. The minimum atomic E-state index is -0.349. The molecule has 19 heavy (non-hydrogen) atoms. The van der Waals surface area contributed by atoms with Gasteiger partial charge in [-0.05, 0) is 30.7 Å². The molecule has 1 aromatic rings. The smallest absolute Gasteiger partial charge is 0.337 e. The molecule has 4 nitrogen and oxygen atoms in total. The monoisotopic (exact) mass is 259 g/mol. The van der Waals surface area contributed by atoms with Crippen LogP contribution >= 0.6 is 0 Å². The van der Waals surface area contributed by atoms with Gasteiger partial charge in [0.1, 0.15) is 0 Å². The van der Waals surface area contributed by atoms with E-state index >= 15 is 0 Å². The predicted octanol–water partition coefficient (Wildman–Crippen LogP) is 2.32. The third-order valence-corrected chi connectivity index (χ3v) is 3.33. The van der Waals surface area contributed by atoms with Crippen LogP contribution in [0, 0.1) is 0 Å². The lowest BCUT2D eigenvalue weighted by Crippen LogP contribution is -2.28. The van der Waals surface area contributed by atoms with E-state index in [1.54, 1.807) is 18.2 Å². The minimum absolute atomic E-state index is 0.0502. The second-order valence-electron chi connectivity index (χ2n) is 4.45. The zero-order valence-corrected chi connectivity index (χ0v) is 11.1. The number of rotatable bonds is 3. The Hall–Kier alpha value is -2.10. The molecule has 0 bridgehead atoms. The standard InChI is InChI=1S/C15H17NO3/c1-3-16-9-8-13(17)10-14(16)11-4-6-12(7-5-11)15(18)19-2/h4-9,14H,3,10H2,1-2H3. The number of nitrogens with zero attached hydrogens (tertiary/aromatic N) is 1. The summed E-state index contributed by atoms with van der Waals surface area (Å²) in [5, 5.41) is 0. The average Bonchev–Trinajstić information content (AvgIpc) is 2.46. The van der Waals surface area contributed by atoms with Crippen LogP contribution in [0.4, 0.5) is 0 Å². The number of ether oxygens (including phenoxy) is 1. The van der Waals surface area contributed by atoms with Crippen LogP contribution in [0.25, 0.3) is 0 Å². The summed E-state index contributed by atoms with van der Waals surface area (Å²) in [7, 11) is 1.36. The van der Waals surface area contributed by atoms with Crippen LogP contribution in [-0.4, -0.2) is 30.3 Å². The highest BCUT2D eigenvalue weighted by Crippen LogP contribution is 2.28. The van der Waals surface area contributed by atoms with Gasteiger partial charge in [-0.3, -0.25) is 4.79 Å². The van der Waals surface area contributed by atoms with Gasteiger partial charge >= 0.3 is 5.97 Å². The van der Waals surface area contributed by atoms with Crippen LogP contribution < -0.4 is 0 Å². The second-order valence-corrected chi connectivity index (χ2v) is 4.45. The summed E-state index contributed by atoms with van der Waals surface area (Å²) in [5.41, 5.74) is 1.55. The van der Waals surface area contributed by atoms with Crippen molar-refractivity contribution in [2.24, 2.45) is 0 Å². The van der Waals surface area contributed by atoms with Crippen molar-refractivity contribution in [3.8, 4) is 0 Å². The maximum atomic E-state index is 11.5. The Balaban J connectivity index is 2.23. The first-order valence-electron chi connectivity index (χ1n) is 6.30. The molecule has 1 aromatic carbocycles. The molecule has 1 atom stereocenters. The lowest BCUT2D eigenvalue weighted by Gasteiger charge is -2.32. The summed E-state index contributed by atoms with van der Waals surface area (Å²) in [5.74, 6) is -0.217. The van der Waals surface area contributed by atoms with Gasteiger partial charge in [-0.15, -0.1) is 0 Å². The largest absolute Gasteiger partial charge is 0.465 e. The van der Waals surface area contributed by atoms with Crippen LogP contribution in [0.2, 0.25) is 0 Å². The summed E-state index contributed by atoms with van der Waals surface area (Å²) in [6, 6.07) is 7.28. The van der Waals surface area contributed by atoms with E-state index in [4.69, 9.17) is 0 Å². The maximum Gasteiger partial charge on any atom is 0.337 e. The van der Waals surface area contributed by atoms with Crippen molar-refractivity contribution in [2.75, 3.05) is 13.7 Å². The molecular weight excluding hydrogens is 242 g/mol. The molecule has 1 aliphatic heterocycles.